The van der Waals surface area contributed by atoms with Gasteiger partial charge in [-0.3, -0.25) is 4.79 Å². The van der Waals surface area contributed by atoms with Crippen molar-refractivity contribution in [3.63, 3.8) is 0 Å². The van der Waals surface area contributed by atoms with Crippen LogP contribution in [0.5, 0.6) is 0 Å². The maximum absolute atomic E-state index is 11.8. The highest BCUT2D eigenvalue weighted by atomic mass is 127. The third-order valence-electron chi connectivity index (χ3n) is 2.26. The molecule has 0 atom stereocenters. The molecule has 0 fully saturated rings. The second kappa shape index (κ2) is 4.25. The molecule has 2 aromatic rings. The molecular weight excluding hydrogens is 321 g/mol. The lowest BCUT2D eigenvalue weighted by molar-refractivity contribution is 0.0601. The molecule has 1 aromatic heterocycles. The van der Waals surface area contributed by atoms with Gasteiger partial charge in [-0.1, -0.05) is 0 Å². The van der Waals surface area contributed by atoms with Crippen LogP contribution in [0.2, 0.25) is 0 Å². The molecule has 1 N–H and O–H groups in total. The number of hydrogen-bond acceptors (Lipinski definition) is 3. The van der Waals surface area contributed by atoms with Gasteiger partial charge in [-0.2, -0.15) is 0 Å². The Morgan fingerprint density at radius 3 is 2.88 bits per heavy atom. The summed E-state index contributed by atoms with van der Waals surface area (Å²) in [6.07, 6.45) is 1.64. The van der Waals surface area contributed by atoms with Gasteiger partial charge in [-0.15, -0.1) is 0 Å². The predicted molar refractivity (Wildman–Crippen MR) is 68.6 cm³/mol. The normalized spacial score (nSPS) is 10.4. The van der Waals surface area contributed by atoms with Crippen LogP contribution in [0.15, 0.2) is 29.2 Å². The van der Waals surface area contributed by atoms with Gasteiger partial charge in [0.2, 0.25) is 5.43 Å². The second-order valence-electron chi connectivity index (χ2n) is 3.22. The van der Waals surface area contributed by atoms with Crippen LogP contribution in [0.1, 0.15) is 10.4 Å². The zero-order valence-electron chi connectivity index (χ0n) is 8.41. The first kappa shape index (κ1) is 11.1. The SMILES string of the molecule is COC(=O)c1ccc2[nH]cc(I)c(=O)c2c1. The number of aromatic amines is 1. The number of carbonyl (C=O) groups is 1. The van der Waals surface area contributed by atoms with Crippen molar-refractivity contribution in [3.8, 4) is 0 Å². The molecule has 5 heteroatoms. The van der Waals surface area contributed by atoms with Gasteiger partial charge in [-0.05, 0) is 40.8 Å². The largest absolute Gasteiger partial charge is 0.465 e. The average Bonchev–Trinajstić information content (AvgIpc) is 2.32. The number of carbonyl (C=O) groups excluding carboxylic acids is 1. The van der Waals surface area contributed by atoms with Crippen molar-refractivity contribution in [1.29, 1.82) is 0 Å². The lowest BCUT2D eigenvalue weighted by Gasteiger charge is -2.02. The summed E-state index contributed by atoms with van der Waals surface area (Å²) in [4.78, 5) is 26.1. The summed E-state index contributed by atoms with van der Waals surface area (Å²) in [5.74, 6) is -0.444. The van der Waals surface area contributed by atoms with Crippen molar-refractivity contribution in [2.24, 2.45) is 0 Å². The molecule has 0 spiro atoms. The zero-order valence-corrected chi connectivity index (χ0v) is 10.6. The third kappa shape index (κ3) is 1.82. The maximum Gasteiger partial charge on any atom is 0.337 e. The Kier molecular flexibility index (Phi) is 2.95. The number of H-pyrrole nitrogens is 1. The number of benzene rings is 1. The highest BCUT2D eigenvalue weighted by molar-refractivity contribution is 14.1. The van der Waals surface area contributed by atoms with Crippen LogP contribution in [-0.4, -0.2) is 18.1 Å². The summed E-state index contributed by atoms with van der Waals surface area (Å²) in [5, 5.41) is 0.495. The van der Waals surface area contributed by atoms with E-state index in [1.807, 2.05) is 22.6 Å². The van der Waals surface area contributed by atoms with E-state index in [9.17, 15) is 9.59 Å². The molecule has 0 aliphatic heterocycles. The van der Waals surface area contributed by atoms with Crippen LogP contribution in [0.25, 0.3) is 10.9 Å². The first-order valence-electron chi connectivity index (χ1n) is 4.52. The number of ether oxygens (including phenoxy) is 1. The van der Waals surface area contributed by atoms with E-state index >= 15 is 0 Å². The highest BCUT2D eigenvalue weighted by Gasteiger charge is 2.08. The lowest BCUT2D eigenvalue weighted by Crippen LogP contribution is -2.08. The van der Waals surface area contributed by atoms with Crippen LogP contribution in [-0.2, 0) is 4.74 Å². The molecule has 0 radical (unpaired) electrons. The number of halogens is 1. The molecule has 1 heterocycles. The predicted octanol–water partition coefficient (Wildman–Crippen LogP) is 1.92. The summed E-state index contributed by atoms with van der Waals surface area (Å²) in [5.41, 5.74) is 1.00. The van der Waals surface area contributed by atoms with Gasteiger partial charge in [-0.25, -0.2) is 4.79 Å². The van der Waals surface area contributed by atoms with Gasteiger partial charge in [0.05, 0.1) is 16.2 Å². The molecule has 16 heavy (non-hydrogen) atoms. The van der Waals surface area contributed by atoms with E-state index in [1.54, 1.807) is 24.4 Å². The fourth-order valence-corrected chi connectivity index (χ4v) is 1.88. The van der Waals surface area contributed by atoms with Gasteiger partial charge in [0.15, 0.2) is 0 Å². The van der Waals surface area contributed by atoms with E-state index in [0.29, 0.717) is 20.0 Å². The van der Waals surface area contributed by atoms with Gasteiger partial charge in [0.1, 0.15) is 0 Å². The van der Waals surface area contributed by atoms with Crippen molar-refractivity contribution in [2.45, 2.75) is 0 Å². The van der Waals surface area contributed by atoms with Crippen LogP contribution in [0, 0.1) is 3.57 Å². The molecule has 82 valence electrons. The van der Waals surface area contributed by atoms with E-state index in [0.717, 1.165) is 0 Å². The Balaban J connectivity index is 2.74. The monoisotopic (exact) mass is 329 g/mol. The Hall–Kier alpha value is -1.37. The smallest absolute Gasteiger partial charge is 0.337 e. The molecule has 1 aromatic carbocycles. The Bertz CT molecular complexity index is 618. The van der Waals surface area contributed by atoms with Gasteiger partial charge in [0.25, 0.3) is 0 Å². The molecule has 0 unspecified atom stereocenters. The minimum absolute atomic E-state index is 0.0832. The van der Waals surface area contributed by atoms with Crippen molar-refractivity contribution in [3.05, 3.63) is 43.8 Å². The van der Waals surface area contributed by atoms with Crippen molar-refractivity contribution in [1.82, 2.24) is 4.98 Å². The Labute approximate surface area is 105 Å². The van der Waals surface area contributed by atoms with Crippen molar-refractivity contribution >= 4 is 39.5 Å². The Morgan fingerprint density at radius 2 is 2.19 bits per heavy atom. The topological polar surface area (TPSA) is 59.2 Å². The van der Waals surface area contributed by atoms with E-state index < -0.39 is 5.97 Å². The summed E-state index contributed by atoms with van der Waals surface area (Å²) in [6, 6.07) is 4.86. The minimum atomic E-state index is -0.444. The molecule has 0 amide bonds. The number of aromatic nitrogens is 1. The molecule has 0 aliphatic carbocycles. The Morgan fingerprint density at radius 1 is 1.44 bits per heavy atom. The lowest BCUT2D eigenvalue weighted by atomic mass is 10.1. The molecule has 0 saturated carbocycles. The van der Waals surface area contributed by atoms with E-state index in [1.165, 1.54) is 7.11 Å². The number of hydrogen-bond donors (Lipinski definition) is 1. The maximum atomic E-state index is 11.8. The molecule has 2 rings (SSSR count). The standard InChI is InChI=1S/C11H8INO3/c1-16-11(15)6-2-3-9-7(4-6)10(14)8(12)5-13-9/h2-5H,1H3,(H,13,14). The molecule has 0 bridgehead atoms. The molecular formula is C11H8INO3. The number of nitrogens with one attached hydrogen (secondary N) is 1. The van der Waals surface area contributed by atoms with E-state index in [-0.39, 0.29) is 5.43 Å². The molecule has 4 nitrogen and oxygen atoms in total. The first-order chi connectivity index (χ1) is 7.63. The van der Waals surface area contributed by atoms with Crippen LogP contribution >= 0.6 is 22.6 Å². The number of fused-ring (bicyclic) bond motifs is 1. The summed E-state index contributed by atoms with van der Waals surface area (Å²) in [6.45, 7) is 0. The third-order valence-corrected chi connectivity index (χ3v) is 3.06. The fraction of sp³-hybridized carbons (Fsp3) is 0.0909. The number of pyridine rings is 1. The summed E-state index contributed by atoms with van der Waals surface area (Å²) in [7, 11) is 1.31. The van der Waals surface area contributed by atoms with Crippen LogP contribution in [0.3, 0.4) is 0 Å². The van der Waals surface area contributed by atoms with Crippen LogP contribution < -0.4 is 5.43 Å². The fourth-order valence-electron chi connectivity index (χ4n) is 1.44. The van der Waals surface area contributed by atoms with Gasteiger partial charge >= 0.3 is 5.97 Å². The quantitative estimate of drug-likeness (QED) is 0.642. The molecule has 0 aliphatic rings. The zero-order chi connectivity index (χ0) is 11.7. The van der Waals surface area contributed by atoms with Crippen LogP contribution in [0.4, 0.5) is 0 Å². The molecule has 0 saturated heterocycles. The van der Waals surface area contributed by atoms with E-state index in [4.69, 9.17) is 0 Å². The number of rotatable bonds is 1. The van der Waals surface area contributed by atoms with E-state index in [2.05, 4.69) is 9.72 Å². The van der Waals surface area contributed by atoms with Crippen molar-refractivity contribution in [2.75, 3.05) is 7.11 Å². The first-order valence-corrected chi connectivity index (χ1v) is 5.60. The average molecular weight is 329 g/mol. The van der Waals surface area contributed by atoms with Gasteiger partial charge < -0.3 is 9.72 Å². The highest BCUT2D eigenvalue weighted by Crippen LogP contribution is 2.12. The number of methoxy groups -OCH3 is 1. The summed E-state index contributed by atoms with van der Waals surface area (Å²) < 4.78 is 5.19. The second-order valence-corrected chi connectivity index (χ2v) is 4.38. The van der Waals surface area contributed by atoms with Gasteiger partial charge in [0, 0.05) is 17.1 Å². The minimum Gasteiger partial charge on any atom is -0.465 e. The summed E-state index contributed by atoms with van der Waals surface area (Å²) >= 11 is 1.95. The van der Waals surface area contributed by atoms with Crippen molar-refractivity contribution < 1.29 is 9.53 Å². The number of esters is 1.